The molecule has 36 heavy (non-hydrogen) atoms. The van der Waals surface area contributed by atoms with E-state index < -0.39 is 58.5 Å². The highest BCUT2D eigenvalue weighted by Gasteiger charge is 2.33. The maximum atomic E-state index is 10.5. The predicted octanol–water partition coefficient (Wildman–Crippen LogP) is 4.01. The van der Waals surface area contributed by atoms with Crippen LogP contribution in [0.15, 0.2) is 0 Å². The van der Waals surface area contributed by atoms with Gasteiger partial charge in [-0.05, 0) is 40.0 Å². The summed E-state index contributed by atoms with van der Waals surface area (Å²) >= 11 is 0. The molecular weight excluding hydrogens is 480 g/mol. The summed E-state index contributed by atoms with van der Waals surface area (Å²) in [7, 11) is 0. The van der Waals surface area contributed by atoms with E-state index in [4.69, 9.17) is 30.6 Å². The van der Waals surface area contributed by atoms with Crippen molar-refractivity contribution in [3.05, 3.63) is 0 Å². The number of carboxylic acid groups (broad SMARTS) is 6. The molecule has 4 unspecified atom stereocenters. The highest BCUT2D eigenvalue weighted by Crippen LogP contribution is 2.25. The van der Waals surface area contributed by atoms with Gasteiger partial charge in [-0.3, -0.25) is 28.8 Å². The molecule has 12 heteroatoms. The van der Waals surface area contributed by atoms with Crippen LogP contribution in [0, 0.1) is 28.6 Å². The van der Waals surface area contributed by atoms with Crippen LogP contribution in [0.1, 0.15) is 88.0 Å². The number of carboxylic acids is 6. The summed E-state index contributed by atoms with van der Waals surface area (Å²) in [4.78, 5) is 61.3. The molecule has 6 N–H and O–H groups in total. The second-order valence-electron chi connectivity index (χ2n) is 9.23. The molecule has 0 aromatic rings. The molecule has 0 amide bonds. The molecule has 0 bridgehead atoms. The minimum atomic E-state index is -1.12. The molecule has 0 aliphatic heterocycles. The summed E-state index contributed by atoms with van der Waals surface area (Å²) in [6.45, 7) is 14.7. The molecule has 12 nitrogen and oxygen atoms in total. The van der Waals surface area contributed by atoms with Gasteiger partial charge >= 0.3 is 35.8 Å². The average molecular weight is 525 g/mol. The van der Waals surface area contributed by atoms with E-state index in [-0.39, 0.29) is 12.3 Å². The third kappa shape index (κ3) is 19.2. The van der Waals surface area contributed by atoms with E-state index in [1.807, 2.05) is 13.8 Å². The van der Waals surface area contributed by atoms with E-state index in [9.17, 15) is 28.8 Å². The van der Waals surface area contributed by atoms with Gasteiger partial charge in [0.1, 0.15) is 0 Å². The minimum absolute atomic E-state index is 0.181. The molecule has 0 rings (SSSR count). The first kappa shape index (κ1) is 40.0. The van der Waals surface area contributed by atoms with E-state index in [2.05, 4.69) is 0 Å². The van der Waals surface area contributed by atoms with Gasteiger partial charge in [0.15, 0.2) is 0 Å². The lowest BCUT2D eigenvalue weighted by atomic mass is 9.84. The molecule has 0 spiro atoms. The molecule has 0 aromatic heterocycles. The molecule has 212 valence electrons. The van der Waals surface area contributed by atoms with Crippen LogP contribution in [0.25, 0.3) is 0 Å². The van der Waals surface area contributed by atoms with Crippen LogP contribution in [-0.2, 0) is 28.8 Å². The van der Waals surface area contributed by atoms with Gasteiger partial charge < -0.3 is 30.6 Å². The molecular formula is C24H44O12. The maximum absolute atomic E-state index is 10.5. The van der Waals surface area contributed by atoms with Crippen LogP contribution >= 0.6 is 0 Å². The molecule has 0 radical (unpaired) electrons. The summed E-state index contributed by atoms with van der Waals surface area (Å²) in [6, 6.07) is 0. The first-order valence-corrected chi connectivity index (χ1v) is 11.4. The number of hydrogen-bond acceptors (Lipinski definition) is 6. The van der Waals surface area contributed by atoms with Crippen LogP contribution in [0.3, 0.4) is 0 Å². The van der Waals surface area contributed by atoms with Crippen molar-refractivity contribution in [2.75, 3.05) is 0 Å². The number of hydrogen-bond donors (Lipinski definition) is 6. The first-order chi connectivity index (χ1) is 16.1. The van der Waals surface area contributed by atoms with Crippen molar-refractivity contribution in [3.8, 4) is 0 Å². The lowest BCUT2D eigenvalue weighted by Gasteiger charge is -2.19. The van der Waals surface area contributed by atoms with Crippen LogP contribution < -0.4 is 0 Å². The van der Waals surface area contributed by atoms with Crippen LogP contribution in [0.5, 0.6) is 0 Å². The van der Waals surface area contributed by atoms with Crippen LogP contribution in [0.2, 0.25) is 0 Å². The zero-order valence-corrected chi connectivity index (χ0v) is 22.7. The fourth-order valence-electron chi connectivity index (χ4n) is 1.44. The van der Waals surface area contributed by atoms with Crippen molar-refractivity contribution in [2.45, 2.75) is 88.0 Å². The van der Waals surface area contributed by atoms with Crippen molar-refractivity contribution < 1.29 is 59.4 Å². The lowest BCUT2D eigenvalue weighted by molar-refractivity contribution is -0.154. The Hall–Kier alpha value is -3.18. The van der Waals surface area contributed by atoms with Crippen molar-refractivity contribution in [1.29, 1.82) is 0 Å². The van der Waals surface area contributed by atoms with Gasteiger partial charge in [0.25, 0.3) is 0 Å². The Bertz CT molecular complexity index is 711. The van der Waals surface area contributed by atoms with Gasteiger partial charge in [-0.1, -0.05) is 41.5 Å². The zero-order chi connectivity index (χ0) is 30.0. The average Bonchev–Trinajstić information content (AvgIpc) is 2.77. The second-order valence-corrected chi connectivity index (χ2v) is 9.23. The summed E-state index contributed by atoms with van der Waals surface area (Å²) in [5.74, 6) is -7.53. The van der Waals surface area contributed by atoms with Gasteiger partial charge in [-0.25, -0.2) is 0 Å². The molecule has 0 saturated heterocycles. The predicted molar refractivity (Wildman–Crippen MR) is 131 cm³/mol. The van der Waals surface area contributed by atoms with E-state index >= 15 is 0 Å². The molecule has 0 heterocycles. The smallest absolute Gasteiger partial charge is 0.309 e. The van der Waals surface area contributed by atoms with Gasteiger partial charge in [0.05, 0.1) is 35.0 Å². The Labute approximate surface area is 212 Å². The maximum Gasteiger partial charge on any atom is 0.309 e. The SMILES string of the molecule is CC(C(=O)O)C(C)C(=O)O.CCC(C)(C)C(=O)O.CCC(C)(CC(=O)O)C(=O)O.CCC(C)C(=O)O. The molecule has 0 aliphatic rings. The molecule has 0 aromatic carbocycles. The van der Waals surface area contributed by atoms with E-state index in [0.29, 0.717) is 12.8 Å². The quantitative estimate of drug-likeness (QED) is 0.225. The number of carbonyl (C=O) groups is 6. The normalized spacial score (nSPS) is 14.2. The van der Waals surface area contributed by atoms with Gasteiger partial charge in [-0.2, -0.15) is 0 Å². The molecule has 0 aliphatic carbocycles. The minimum Gasteiger partial charge on any atom is -0.481 e. The van der Waals surface area contributed by atoms with Gasteiger partial charge in [0.2, 0.25) is 0 Å². The Morgan fingerprint density at radius 2 is 0.972 bits per heavy atom. The molecule has 0 saturated carbocycles. The molecule has 0 fully saturated rings. The number of aliphatic carboxylic acids is 6. The zero-order valence-electron chi connectivity index (χ0n) is 22.7. The Morgan fingerprint density at radius 3 is 1.03 bits per heavy atom. The summed E-state index contributed by atoms with van der Waals surface area (Å²) in [6.07, 6.45) is 1.41. The van der Waals surface area contributed by atoms with Crippen molar-refractivity contribution >= 4 is 35.8 Å². The van der Waals surface area contributed by atoms with E-state index in [0.717, 1.165) is 6.42 Å². The van der Waals surface area contributed by atoms with Gasteiger partial charge in [-0.15, -0.1) is 0 Å². The monoisotopic (exact) mass is 524 g/mol. The van der Waals surface area contributed by atoms with E-state index in [1.165, 1.54) is 20.8 Å². The second kappa shape index (κ2) is 19.1. The first-order valence-electron chi connectivity index (χ1n) is 11.4. The standard InChI is InChI=1S/C7H12O4.C6H10O4.C6H12O2.C5H10O2/c1-3-7(2,6(10)11)4-5(8)9;1-3(5(7)8)4(2)6(9)10;1-4-6(2,3)5(7)8;1-3-4(2)5(6)7/h3-4H2,1-2H3,(H,8,9)(H,10,11);3-4H,1-2H3,(H,7,8)(H,9,10);4H2,1-3H3,(H,7,8);4H,3H2,1-2H3,(H,6,7). The molecule has 4 atom stereocenters. The Morgan fingerprint density at radius 1 is 0.611 bits per heavy atom. The Kier molecular flexibility index (Phi) is 21.2. The summed E-state index contributed by atoms with van der Waals surface area (Å²) < 4.78 is 0. The third-order valence-electron chi connectivity index (χ3n) is 5.86. The van der Waals surface area contributed by atoms with Gasteiger partial charge in [0, 0.05) is 0 Å². The lowest BCUT2D eigenvalue weighted by Crippen LogP contribution is -2.29. The fourth-order valence-corrected chi connectivity index (χ4v) is 1.44. The van der Waals surface area contributed by atoms with Crippen molar-refractivity contribution in [3.63, 3.8) is 0 Å². The Balaban J connectivity index is -0.000000192. The highest BCUT2D eigenvalue weighted by atomic mass is 16.4. The highest BCUT2D eigenvalue weighted by molar-refractivity contribution is 5.81. The van der Waals surface area contributed by atoms with Crippen molar-refractivity contribution in [2.24, 2.45) is 28.6 Å². The van der Waals surface area contributed by atoms with Crippen molar-refractivity contribution in [1.82, 2.24) is 0 Å². The third-order valence-corrected chi connectivity index (χ3v) is 5.86. The number of rotatable bonds is 11. The summed E-state index contributed by atoms with van der Waals surface area (Å²) in [5, 5.41) is 50.3. The van der Waals surface area contributed by atoms with E-state index in [1.54, 1.807) is 27.7 Å². The van der Waals surface area contributed by atoms with Crippen LogP contribution in [0.4, 0.5) is 0 Å². The van der Waals surface area contributed by atoms with Crippen LogP contribution in [-0.4, -0.2) is 66.5 Å². The summed E-state index contributed by atoms with van der Waals surface area (Å²) in [5.41, 5.74) is -1.66. The topological polar surface area (TPSA) is 224 Å². The largest absolute Gasteiger partial charge is 0.481 e. The fraction of sp³-hybridized carbons (Fsp3) is 0.750.